The van der Waals surface area contributed by atoms with E-state index in [1.54, 1.807) is 6.33 Å². The molecule has 7 nitrogen and oxygen atoms in total. The van der Waals surface area contributed by atoms with E-state index in [9.17, 15) is 4.79 Å². The highest BCUT2D eigenvalue weighted by molar-refractivity contribution is 5.79. The molecule has 0 aromatic carbocycles. The molecule has 1 amide bonds. The fourth-order valence-electron chi connectivity index (χ4n) is 3.74. The van der Waals surface area contributed by atoms with Crippen LogP contribution in [-0.4, -0.2) is 73.8 Å². The zero-order valence-corrected chi connectivity index (χ0v) is 16.1. The largest absolute Gasteiger partial charge is 0.378 e. The lowest BCUT2D eigenvalue weighted by molar-refractivity contribution is -0.134. The molecule has 1 aromatic heterocycles. The van der Waals surface area contributed by atoms with Crippen molar-refractivity contribution in [3.8, 4) is 0 Å². The van der Waals surface area contributed by atoms with Gasteiger partial charge in [-0.05, 0) is 19.3 Å². The fourth-order valence-corrected chi connectivity index (χ4v) is 3.74. The van der Waals surface area contributed by atoms with E-state index in [4.69, 9.17) is 4.74 Å². The second-order valence-corrected chi connectivity index (χ2v) is 7.21. The average Bonchev–Trinajstić information content (AvgIpc) is 2.72. The second-order valence-electron chi connectivity index (χ2n) is 7.21. The maximum atomic E-state index is 12.6. The number of piperidine rings is 1. The lowest BCUT2D eigenvalue weighted by Crippen LogP contribution is -2.43. The molecule has 2 aliphatic heterocycles. The highest BCUT2D eigenvalue weighted by Crippen LogP contribution is 2.30. The summed E-state index contributed by atoms with van der Waals surface area (Å²) < 4.78 is 5.46. The Balaban J connectivity index is 1.61. The van der Waals surface area contributed by atoms with E-state index >= 15 is 0 Å². The molecule has 144 valence electrons. The number of carbonyl (C=O) groups is 1. The Labute approximate surface area is 156 Å². The number of aromatic nitrogens is 2. The Bertz CT molecular complexity index is 583. The summed E-state index contributed by atoms with van der Waals surface area (Å²) in [5, 5.41) is 0. The molecule has 0 spiro atoms. The Hall–Kier alpha value is -1.89. The molecule has 0 N–H and O–H groups in total. The Morgan fingerprint density at radius 2 is 1.96 bits per heavy atom. The maximum Gasteiger partial charge on any atom is 0.225 e. The van der Waals surface area contributed by atoms with Crippen LogP contribution in [-0.2, 0) is 9.53 Å². The molecule has 2 fully saturated rings. The first kappa shape index (κ1) is 18.9. The van der Waals surface area contributed by atoms with Crippen LogP contribution < -0.4 is 9.80 Å². The maximum absolute atomic E-state index is 12.6. The summed E-state index contributed by atoms with van der Waals surface area (Å²) in [5.41, 5.74) is 1.08. The first-order valence-corrected chi connectivity index (χ1v) is 9.83. The summed E-state index contributed by atoms with van der Waals surface area (Å²) in [6.45, 7) is 7.98. The minimum absolute atomic E-state index is 0.143. The van der Waals surface area contributed by atoms with Crippen molar-refractivity contribution in [1.82, 2.24) is 14.9 Å². The van der Waals surface area contributed by atoms with E-state index in [1.807, 2.05) is 18.1 Å². The molecular weight excluding hydrogens is 330 g/mol. The van der Waals surface area contributed by atoms with E-state index in [0.717, 1.165) is 83.1 Å². The number of rotatable bonds is 6. The van der Waals surface area contributed by atoms with Crippen LogP contribution >= 0.6 is 0 Å². The number of anilines is 2. The average molecular weight is 361 g/mol. The van der Waals surface area contributed by atoms with Gasteiger partial charge in [0.1, 0.15) is 6.33 Å². The normalized spacial score (nSPS) is 18.8. The number of amides is 1. The van der Waals surface area contributed by atoms with Crippen molar-refractivity contribution >= 4 is 17.4 Å². The smallest absolute Gasteiger partial charge is 0.225 e. The molecule has 0 bridgehead atoms. The number of morpholine rings is 1. The summed E-state index contributed by atoms with van der Waals surface area (Å²) in [7, 11) is 1.94. The molecule has 0 saturated carbocycles. The van der Waals surface area contributed by atoms with Gasteiger partial charge in [0.25, 0.3) is 0 Å². The molecule has 1 aromatic rings. The number of hydrogen-bond acceptors (Lipinski definition) is 6. The SMILES string of the molecule is CCCCN(C)C(=O)C1CCN(c2cncnc2N2CCOCC2)CC1. The van der Waals surface area contributed by atoms with Crippen molar-refractivity contribution in [3.63, 3.8) is 0 Å². The molecule has 2 saturated heterocycles. The minimum atomic E-state index is 0.143. The van der Waals surface area contributed by atoms with Gasteiger partial charge in [0, 0.05) is 45.7 Å². The van der Waals surface area contributed by atoms with Crippen LogP contribution in [0.2, 0.25) is 0 Å². The van der Waals surface area contributed by atoms with Crippen LogP contribution in [0.1, 0.15) is 32.6 Å². The lowest BCUT2D eigenvalue weighted by Gasteiger charge is -2.37. The zero-order chi connectivity index (χ0) is 18.4. The van der Waals surface area contributed by atoms with Gasteiger partial charge in [-0.2, -0.15) is 0 Å². The van der Waals surface area contributed by atoms with Crippen molar-refractivity contribution in [2.45, 2.75) is 32.6 Å². The van der Waals surface area contributed by atoms with E-state index in [-0.39, 0.29) is 5.92 Å². The highest BCUT2D eigenvalue weighted by Gasteiger charge is 2.29. The molecule has 2 aliphatic rings. The topological polar surface area (TPSA) is 61.8 Å². The summed E-state index contributed by atoms with van der Waals surface area (Å²) in [5.74, 6) is 1.44. The zero-order valence-electron chi connectivity index (χ0n) is 16.1. The van der Waals surface area contributed by atoms with Gasteiger partial charge in [-0.25, -0.2) is 9.97 Å². The molecule has 7 heteroatoms. The third-order valence-electron chi connectivity index (χ3n) is 5.39. The van der Waals surface area contributed by atoms with Gasteiger partial charge in [0.05, 0.1) is 25.1 Å². The standard InChI is InChI=1S/C19H31N5O2/c1-3-4-7-22(2)19(25)16-5-8-23(9-6-16)17-14-20-15-21-18(17)24-10-12-26-13-11-24/h14-16H,3-13H2,1-2H3. The van der Waals surface area contributed by atoms with Crippen LogP contribution in [0.25, 0.3) is 0 Å². The number of nitrogens with zero attached hydrogens (tertiary/aromatic N) is 5. The van der Waals surface area contributed by atoms with Crippen LogP contribution in [0.15, 0.2) is 12.5 Å². The Kier molecular flexibility index (Phi) is 6.66. The van der Waals surface area contributed by atoms with Crippen molar-refractivity contribution in [1.29, 1.82) is 0 Å². The van der Waals surface area contributed by atoms with E-state index < -0.39 is 0 Å². The summed E-state index contributed by atoms with van der Waals surface area (Å²) in [6.07, 6.45) is 7.51. The number of unbranched alkanes of at least 4 members (excludes halogenated alkanes) is 1. The van der Waals surface area contributed by atoms with Gasteiger partial charge in [0.2, 0.25) is 5.91 Å². The first-order chi connectivity index (χ1) is 12.7. The fraction of sp³-hybridized carbons (Fsp3) is 0.737. The van der Waals surface area contributed by atoms with Gasteiger partial charge in [-0.15, -0.1) is 0 Å². The third-order valence-corrected chi connectivity index (χ3v) is 5.39. The molecular formula is C19H31N5O2. The minimum Gasteiger partial charge on any atom is -0.378 e. The second kappa shape index (κ2) is 9.16. The van der Waals surface area contributed by atoms with Crippen molar-refractivity contribution < 1.29 is 9.53 Å². The third kappa shape index (κ3) is 4.44. The van der Waals surface area contributed by atoms with Crippen LogP contribution in [0.4, 0.5) is 11.5 Å². The van der Waals surface area contributed by atoms with E-state index in [0.29, 0.717) is 5.91 Å². The summed E-state index contributed by atoms with van der Waals surface area (Å²) >= 11 is 0. The number of carbonyl (C=O) groups excluding carboxylic acids is 1. The molecule has 0 unspecified atom stereocenters. The predicted octanol–water partition coefficient (Wildman–Crippen LogP) is 1.79. The summed E-state index contributed by atoms with van der Waals surface area (Å²) in [6, 6.07) is 0. The van der Waals surface area contributed by atoms with Crippen LogP contribution in [0, 0.1) is 5.92 Å². The molecule has 0 aliphatic carbocycles. The van der Waals surface area contributed by atoms with Crippen LogP contribution in [0.5, 0.6) is 0 Å². The highest BCUT2D eigenvalue weighted by atomic mass is 16.5. The molecule has 3 rings (SSSR count). The molecule has 0 atom stereocenters. The van der Waals surface area contributed by atoms with Crippen molar-refractivity contribution in [2.24, 2.45) is 5.92 Å². The monoisotopic (exact) mass is 361 g/mol. The molecule has 0 radical (unpaired) electrons. The van der Waals surface area contributed by atoms with E-state index in [1.165, 1.54) is 0 Å². The van der Waals surface area contributed by atoms with Gasteiger partial charge in [0.15, 0.2) is 5.82 Å². The Morgan fingerprint density at radius 3 is 2.65 bits per heavy atom. The van der Waals surface area contributed by atoms with Gasteiger partial charge in [-0.3, -0.25) is 4.79 Å². The van der Waals surface area contributed by atoms with Crippen molar-refractivity contribution in [3.05, 3.63) is 12.5 Å². The van der Waals surface area contributed by atoms with Crippen molar-refractivity contribution in [2.75, 3.05) is 62.8 Å². The van der Waals surface area contributed by atoms with E-state index in [2.05, 4.69) is 26.7 Å². The number of ether oxygens (including phenoxy) is 1. The number of hydrogen-bond donors (Lipinski definition) is 0. The van der Waals surface area contributed by atoms with Crippen LogP contribution in [0.3, 0.4) is 0 Å². The molecule has 26 heavy (non-hydrogen) atoms. The summed E-state index contributed by atoms with van der Waals surface area (Å²) in [4.78, 5) is 27.9. The predicted molar refractivity (Wildman–Crippen MR) is 103 cm³/mol. The lowest BCUT2D eigenvalue weighted by atomic mass is 9.95. The van der Waals surface area contributed by atoms with Gasteiger partial charge in [-0.1, -0.05) is 13.3 Å². The Morgan fingerprint density at radius 1 is 1.23 bits per heavy atom. The van der Waals surface area contributed by atoms with Gasteiger partial charge >= 0.3 is 0 Å². The quantitative estimate of drug-likeness (QED) is 0.770. The first-order valence-electron chi connectivity index (χ1n) is 9.83. The molecule has 3 heterocycles. The van der Waals surface area contributed by atoms with Gasteiger partial charge < -0.3 is 19.4 Å².